The molecule has 8 nitrogen and oxygen atoms in total. The van der Waals surface area contributed by atoms with Crippen molar-refractivity contribution in [1.29, 1.82) is 0 Å². The van der Waals surface area contributed by atoms with E-state index in [4.69, 9.17) is 18.6 Å². The number of hydrogen-bond donors (Lipinski definition) is 2. The lowest BCUT2D eigenvalue weighted by molar-refractivity contribution is 0.484. The topological polar surface area (TPSA) is 139 Å². The van der Waals surface area contributed by atoms with Gasteiger partial charge in [-0.15, -0.1) is 0 Å². The molecule has 0 atom stereocenters. The van der Waals surface area contributed by atoms with Crippen LogP contribution in [0.15, 0.2) is 36.4 Å². The van der Waals surface area contributed by atoms with Gasteiger partial charge in [0.15, 0.2) is 0 Å². The Labute approximate surface area is 186 Å². The highest BCUT2D eigenvalue weighted by molar-refractivity contribution is 7.85. The standard InChI is InChI=1S/C20H30N2O6S2Si/c1-5-11-31(12-6-2,17-7-9-19(15(3)13-17)27-29(21,23)24)18-8-10-20(16(4)14-18)28-30(22,25)26/h7-10,13-14H,5-6,11-12H2,1-4H3,(H2,21,23,24)(H2,22,25,26). The van der Waals surface area contributed by atoms with Crippen LogP contribution in [0.4, 0.5) is 0 Å². The van der Waals surface area contributed by atoms with Crippen LogP contribution in [-0.4, -0.2) is 24.9 Å². The zero-order valence-electron chi connectivity index (χ0n) is 18.2. The Kier molecular flexibility index (Phi) is 7.92. The van der Waals surface area contributed by atoms with Gasteiger partial charge in [-0.05, 0) is 49.2 Å². The molecule has 0 amide bonds. The molecule has 31 heavy (non-hydrogen) atoms. The van der Waals surface area contributed by atoms with E-state index in [1.807, 2.05) is 24.3 Å². The first-order valence-corrected chi connectivity index (χ1v) is 15.3. The average Bonchev–Trinajstić information content (AvgIpc) is 2.62. The molecule has 11 heteroatoms. The zero-order chi connectivity index (χ0) is 23.4. The molecule has 0 aromatic heterocycles. The van der Waals surface area contributed by atoms with E-state index in [2.05, 4.69) is 13.8 Å². The van der Waals surface area contributed by atoms with Crippen molar-refractivity contribution in [3.63, 3.8) is 0 Å². The Bertz CT molecular complexity index is 1060. The van der Waals surface area contributed by atoms with Crippen molar-refractivity contribution in [2.24, 2.45) is 10.3 Å². The predicted molar refractivity (Wildman–Crippen MR) is 125 cm³/mol. The molecule has 2 aromatic rings. The van der Waals surface area contributed by atoms with Gasteiger partial charge < -0.3 is 8.37 Å². The van der Waals surface area contributed by atoms with E-state index in [-0.39, 0.29) is 11.5 Å². The van der Waals surface area contributed by atoms with Gasteiger partial charge in [-0.2, -0.15) is 27.1 Å². The number of nitrogens with two attached hydrogens (primary N) is 2. The summed E-state index contributed by atoms with van der Waals surface area (Å²) in [5.41, 5.74) is 1.36. The minimum Gasteiger partial charge on any atom is -0.371 e. The number of aryl methyl sites for hydroxylation is 2. The minimum atomic E-state index is -4.11. The molecule has 172 valence electrons. The molecule has 4 N–H and O–H groups in total. The van der Waals surface area contributed by atoms with E-state index in [0.29, 0.717) is 11.1 Å². The molecule has 0 spiro atoms. The molecule has 0 radical (unpaired) electrons. The molecule has 2 rings (SSSR count). The van der Waals surface area contributed by atoms with Gasteiger partial charge in [0.25, 0.3) is 0 Å². The van der Waals surface area contributed by atoms with Crippen molar-refractivity contribution < 1.29 is 25.2 Å². The lowest BCUT2D eigenvalue weighted by Crippen LogP contribution is -2.58. The molecule has 0 aliphatic carbocycles. The van der Waals surface area contributed by atoms with Gasteiger partial charge in [-0.3, -0.25) is 0 Å². The summed E-state index contributed by atoms with van der Waals surface area (Å²) >= 11 is 0. The SMILES string of the molecule is CCC[Si](CCC)(c1ccc(OS(N)(=O)=O)c(C)c1)c1ccc(OS(N)(=O)=O)c(C)c1. The van der Waals surface area contributed by atoms with Crippen LogP contribution >= 0.6 is 0 Å². The van der Waals surface area contributed by atoms with Crippen LogP contribution in [0.1, 0.15) is 37.8 Å². The van der Waals surface area contributed by atoms with Gasteiger partial charge in [0.05, 0.1) is 0 Å². The van der Waals surface area contributed by atoms with Crippen molar-refractivity contribution in [3.8, 4) is 11.5 Å². The zero-order valence-corrected chi connectivity index (χ0v) is 20.8. The Morgan fingerprint density at radius 3 is 1.35 bits per heavy atom. The molecular weight excluding hydrogens is 456 g/mol. The van der Waals surface area contributed by atoms with E-state index in [0.717, 1.165) is 35.3 Å². The largest absolute Gasteiger partial charge is 0.380 e. The minimum absolute atomic E-state index is 0.204. The van der Waals surface area contributed by atoms with Crippen LogP contribution in [0.25, 0.3) is 0 Å². The van der Waals surface area contributed by atoms with E-state index in [9.17, 15) is 16.8 Å². The number of benzene rings is 2. The molecule has 0 saturated heterocycles. The van der Waals surface area contributed by atoms with Gasteiger partial charge in [0.2, 0.25) is 0 Å². The summed E-state index contributed by atoms with van der Waals surface area (Å²) in [7, 11) is -10.5. The van der Waals surface area contributed by atoms with Crippen molar-refractivity contribution >= 4 is 39.1 Å². The molecule has 0 bridgehead atoms. The normalized spacial score (nSPS) is 12.6. The predicted octanol–water partition coefficient (Wildman–Crippen LogP) is 1.85. The van der Waals surface area contributed by atoms with Crippen LogP contribution < -0.4 is 29.0 Å². The fourth-order valence-electron chi connectivity index (χ4n) is 4.05. The summed E-state index contributed by atoms with van der Waals surface area (Å²) in [5.74, 6) is 0.408. The summed E-state index contributed by atoms with van der Waals surface area (Å²) in [4.78, 5) is 0. The fourth-order valence-corrected chi connectivity index (χ4v) is 10.2. The maximum absolute atomic E-state index is 11.3. The lowest BCUT2D eigenvalue weighted by Gasteiger charge is -2.33. The van der Waals surface area contributed by atoms with Crippen LogP contribution in [0, 0.1) is 13.8 Å². The van der Waals surface area contributed by atoms with Crippen molar-refractivity contribution in [1.82, 2.24) is 0 Å². The average molecular weight is 487 g/mol. The molecule has 0 aliphatic heterocycles. The second-order valence-corrected chi connectivity index (χ2v) is 14.3. The molecule has 2 aromatic carbocycles. The van der Waals surface area contributed by atoms with Crippen molar-refractivity contribution in [3.05, 3.63) is 47.5 Å². The van der Waals surface area contributed by atoms with Gasteiger partial charge in [0, 0.05) is 0 Å². The second-order valence-electron chi connectivity index (χ2n) is 7.69. The third-order valence-corrected chi connectivity index (χ3v) is 11.6. The van der Waals surface area contributed by atoms with E-state index < -0.39 is 28.7 Å². The van der Waals surface area contributed by atoms with Crippen molar-refractivity contribution in [2.75, 3.05) is 0 Å². The van der Waals surface area contributed by atoms with Crippen LogP contribution in [-0.2, 0) is 20.6 Å². The summed E-state index contributed by atoms with van der Waals surface area (Å²) in [5, 5.41) is 12.3. The highest BCUT2D eigenvalue weighted by Crippen LogP contribution is 2.26. The van der Waals surface area contributed by atoms with Crippen LogP contribution in [0.2, 0.25) is 12.1 Å². The highest BCUT2D eigenvalue weighted by Gasteiger charge is 2.36. The first kappa shape index (κ1) is 25.3. The van der Waals surface area contributed by atoms with Gasteiger partial charge in [0.1, 0.15) is 19.6 Å². The van der Waals surface area contributed by atoms with Crippen molar-refractivity contribution in [2.45, 2.75) is 52.6 Å². The fraction of sp³-hybridized carbons (Fsp3) is 0.400. The van der Waals surface area contributed by atoms with E-state index >= 15 is 0 Å². The summed E-state index contributed by atoms with van der Waals surface area (Å²) in [6.07, 6.45) is 1.93. The molecule has 0 unspecified atom stereocenters. The number of hydrogen-bond acceptors (Lipinski definition) is 6. The third kappa shape index (κ3) is 6.53. The summed E-state index contributed by atoms with van der Waals surface area (Å²) < 4.78 is 55.1. The van der Waals surface area contributed by atoms with Crippen LogP contribution in [0.5, 0.6) is 11.5 Å². The molecular formula is C20H30N2O6S2Si. The quantitative estimate of drug-likeness (QED) is 0.491. The Morgan fingerprint density at radius 2 is 1.10 bits per heavy atom. The molecule has 0 saturated carbocycles. The van der Waals surface area contributed by atoms with Gasteiger partial charge in [-0.1, -0.05) is 61.3 Å². The summed E-state index contributed by atoms with van der Waals surface area (Å²) in [6, 6.07) is 13.0. The van der Waals surface area contributed by atoms with Gasteiger partial charge in [-0.25, -0.2) is 0 Å². The lowest BCUT2D eigenvalue weighted by atomic mass is 10.2. The second kappa shape index (κ2) is 9.70. The Hall–Kier alpha value is -1.92. The first-order valence-electron chi connectivity index (χ1n) is 9.98. The van der Waals surface area contributed by atoms with E-state index in [1.54, 1.807) is 26.0 Å². The van der Waals surface area contributed by atoms with Crippen LogP contribution in [0.3, 0.4) is 0 Å². The first-order chi connectivity index (χ1) is 14.3. The Morgan fingerprint density at radius 1 is 0.742 bits per heavy atom. The van der Waals surface area contributed by atoms with E-state index in [1.165, 1.54) is 0 Å². The smallest absolute Gasteiger partial charge is 0.371 e. The molecule has 0 heterocycles. The molecule has 0 aliphatic rings. The molecule has 0 fully saturated rings. The number of rotatable bonds is 10. The summed E-state index contributed by atoms with van der Waals surface area (Å²) in [6.45, 7) is 7.84. The van der Waals surface area contributed by atoms with Gasteiger partial charge >= 0.3 is 20.6 Å². The third-order valence-electron chi connectivity index (χ3n) is 5.22. The monoisotopic (exact) mass is 486 g/mol. The Balaban J connectivity index is 2.62. The maximum Gasteiger partial charge on any atom is 0.380 e. The maximum atomic E-state index is 11.3. The highest BCUT2D eigenvalue weighted by atomic mass is 32.2.